The van der Waals surface area contributed by atoms with Crippen LogP contribution in [0.1, 0.15) is 69.3 Å². The van der Waals surface area contributed by atoms with Crippen LogP contribution in [0, 0.1) is 13.8 Å². The number of aromatic hydroxyl groups is 1. The number of aryl methyl sites for hydroxylation is 2. The number of nitrogens with one attached hydrogen (secondary N) is 2. The Balaban J connectivity index is 2.11. The van der Waals surface area contributed by atoms with Gasteiger partial charge in [-0.1, -0.05) is 48.4 Å². The van der Waals surface area contributed by atoms with Gasteiger partial charge < -0.3 is 30.1 Å². The van der Waals surface area contributed by atoms with E-state index in [0.29, 0.717) is 29.0 Å². The zero-order valence-electron chi connectivity index (χ0n) is 26.9. The van der Waals surface area contributed by atoms with Crippen LogP contribution in [0.25, 0.3) is 0 Å². The monoisotopic (exact) mass is 603 g/mol. The number of anilines is 1. The van der Waals surface area contributed by atoms with Gasteiger partial charge in [0, 0.05) is 18.2 Å². The molecule has 0 saturated carbocycles. The predicted molar refractivity (Wildman–Crippen MR) is 172 cm³/mol. The Kier molecular flexibility index (Phi) is 11.4. The molecule has 3 aromatic carbocycles. The summed E-state index contributed by atoms with van der Waals surface area (Å²) in [6, 6.07) is 16.8. The molecule has 0 heterocycles. The van der Waals surface area contributed by atoms with E-state index in [0.717, 1.165) is 11.1 Å². The number of carbonyl (C=O) groups is 3. The van der Waals surface area contributed by atoms with Gasteiger partial charge in [-0.15, -0.1) is 0 Å². The van der Waals surface area contributed by atoms with Gasteiger partial charge in [-0.25, -0.2) is 4.79 Å². The van der Waals surface area contributed by atoms with E-state index in [1.165, 1.54) is 12.1 Å². The first kappa shape index (κ1) is 34.0. The van der Waals surface area contributed by atoms with Crippen LogP contribution in [-0.2, 0) is 20.7 Å². The van der Waals surface area contributed by atoms with Gasteiger partial charge in [0.15, 0.2) is 0 Å². The molecule has 3 unspecified atom stereocenters. The van der Waals surface area contributed by atoms with Crippen LogP contribution in [-0.4, -0.2) is 52.7 Å². The third kappa shape index (κ3) is 9.49. The highest BCUT2D eigenvalue weighted by Gasteiger charge is 2.39. The Labute approximate surface area is 260 Å². The molecule has 3 atom stereocenters. The molecule has 0 saturated heterocycles. The van der Waals surface area contributed by atoms with E-state index in [1.54, 1.807) is 69.2 Å². The summed E-state index contributed by atoms with van der Waals surface area (Å²) in [4.78, 5) is 43.4. The van der Waals surface area contributed by atoms with Gasteiger partial charge in [0.1, 0.15) is 29.2 Å². The molecule has 3 rings (SSSR count). The van der Waals surface area contributed by atoms with E-state index < -0.39 is 35.6 Å². The molecule has 236 valence electrons. The summed E-state index contributed by atoms with van der Waals surface area (Å²) in [6.07, 6.45) is -0.0732. The number of methoxy groups -OCH3 is 1. The maximum absolute atomic E-state index is 14.7. The molecular weight excluding hydrogens is 558 g/mol. The molecule has 0 aliphatic rings. The van der Waals surface area contributed by atoms with Crippen LogP contribution in [0.5, 0.6) is 11.5 Å². The molecule has 0 spiro atoms. The molecule has 3 N–H and O–H groups in total. The van der Waals surface area contributed by atoms with E-state index >= 15 is 0 Å². The maximum Gasteiger partial charge on any atom is 0.408 e. The number of benzene rings is 3. The zero-order valence-corrected chi connectivity index (χ0v) is 26.9. The van der Waals surface area contributed by atoms with Crippen LogP contribution < -0.4 is 15.4 Å². The second-order valence-electron chi connectivity index (χ2n) is 12.1. The first-order valence-corrected chi connectivity index (χ1v) is 14.8. The fourth-order valence-electron chi connectivity index (χ4n) is 4.98. The minimum Gasteiger partial charge on any atom is -0.508 e. The molecule has 0 aromatic heterocycles. The largest absolute Gasteiger partial charge is 0.508 e. The lowest BCUT2D eigenvalue weighted by atomic mass is 9.95. The Morgan fingerprint density at radius 1 is 0.932 bits per heavy atom. The van der Waals surface area contributed by atoms with Crippen molar-refractivity contribution < 1.29 is 29.0 Å². The first-order valence-electron chi connectivity index (χ1n) is 14.8. The van der Waals surface area contributed by atoms with Crippen molar-refractivity contribution in [3.8, 4) is 11.5 Å². The molecule has 0 fully saturated rings. The van der Waals surface area contributed by atoms with Crippen molar-refractivity contribution >= 4 is 23.6 Å². The van der Waals surface area contributed by atoms with Gasteiger partial charge in [0.25, 0.3) is 5.91 Å². The summed E-state index contributed by atoms with van der Waals surface area (Å²) in [5.74, 6) is -0.0969. The number of amides is 3. The van der Waals surface area contributed by atoms with Crippen molar-refractivity contribution in [2.24, 2.45) is 0 Å². The molecule has 3 aromatic rings. The van der Waals surface area contributed by atoms with Crippen LogP contribution in [0.15, 0.2) is 66.7 Å². The lowest BCUT2D eigenvalue weighted by Gasteiger charge is -2.38. The molecule has 9 heteroatoms. The van der Waals surface area contributed by atoms with Crippen molar-refractivity contribution in [1.29, 1.82) is 0 Å². The average molecular weight is 604 g/mol. The Hall–Kier alpha value is -4.53. The van der Waals surface area contributed by atoms with Crippen LogP contribution in [0.2, 0.25) is 0 Å². The topological polar surface area (TPSA) is 117 Å². The number of carbonyl (C=O) groups excluding carboxylic acids is 3. The van der Waals surface area contributed by atoms with Crippen molar-refractivity contribution in [3.05, 3.63) is 89.0 Å². The lowest BCUT2D eigenvalue weighted by molar-refractivity contribution is -0.143. The van der Waals surface area contributed by atoms with Crippen LogP contribution in [0.3, 0.4) is 0 Å². The van der Waals surface area contributed by atoms with Gasteiger partial charge in [0.2, 0.25) is 5.91 Å². The lowest BCUT2D eigenvalue weighted by Crippen LogP contribution is -2.55. The van der Waals surface area contributed by atoms with Crippen molar-refractivity contribution in [1.82, 2.24) is 10.2 Å². The summed E-state index contributed by atoms with van der Waals surface area (Å²) in [7, 11) is 1.57. The zero-order chi connectivity index (χ0) is 32.6. The minimum absolute atomic E-state index is 0.0862. The number of nitrogens with zero attached hydrogens (tertiary/aromatic N) is 1. The van der Waals surface area contributed by atoms with E-state index in [4.69, 9.17) is 9.47 Å². The number of alkyl carbamates (subject to hydrolysis) is 1. The molecule has 44 heavy (non-hydrogen) atoms. The third-order valence-corrected chi connectivity index (χ3v) is 7.13. The van der Waals surface area contributed by atoms with Crippen molar-refractivity contribution in [2.75, 3.05) is 12.4 Å². The number of ether oxygens (including phenoxy) is 2. The molecule has 9 nitrogen and oxygen atoms in total. The summed E-state index contributed by atoms with van der Waals surface area (Å²) in [5, 5.41) is 15.6. The number of hydrogen-bond acceptors (Lipinski definition) is 6. The SMILES string of the molecule is CCC(C)N(C(=O)C(Cc1ccc(O)cc1)NC(=O)OC(C)(C)C)C(C(=O)Nc1ccc(OC)cc1)c1cc(C)cc(C)c1. The molecule has 0 aliphatic heterocycles. The fourth-order valence-corrected chi connectivity index (χ4v) is 4.98. The fraction of sp³-hybridized carbons (Fsp3) is 0.400. The summed E-state index contributed by atoms with van der Waals surface area (Å²) in [5.41, 5.74) is 3.04. The summed E-state index contributed by atoms with van der Waals surface area (Å²) < 4.78 is 10.8. The van der Waals surface area contributed by atoms with Crippen molar-refractivity contribution in [3.63, 3.8) is 0 Å². The average Bonchev–Trinajstić information content (AvgIpc) is 2.94. The molecule has 0 bridgehead atoms. The predicted octanol–water partition coefficient (Wildman–Crippen LogP) is 6.46. The molecule has 0 aliphatic carbocycles. The van der Waals surface area contributed by atoms with E-state index in [1.807, 2.05) is 45.9 Å². The smallest absolute Gasteiger partial charge is 0.408 e. The van der Waals surface area contributed by atoms with Gasteiger partial charge in [-0.3, -0.25) is 9.59 Å². The highest BCUT2D eigenvalue weighted by atomic mass is 16.6. The number of phenols is 1. The minimum atomic E-state index is -1.06. The van der Waals surface area contributed by atoms with Gasteiger partial charge >= 0.3 is 6.09 Å². The first-order chi connectivity index (χ1) is 20.7. The number of hydrogen-bond donors (Lipinski definition) is 3. The maximum atomic E-state index is 14.7. The highest BCUT2D eigenvalue weighted by molar-refractivity contribution is 5.99. The van der Waals surface area contributed by atoms with Crippen LogP contribution in [0.4, 0.5) is 10.5 Å². The van der Waals surface area contributed by atoms with E-state index in [2.05, 4.69) is 10.6 Å². The normalized spacial score (nSPS) is 13.3. The van der Waals surface area contributed by atoms with Gasteiger partial charge in [0.05, 0.1) is 7.11 Å². The second kappa shape index (κ2) is 14.8. The number of phenolic OH excluding ortho intramolecular Hbond substituents is 1. The van der Waals surface area contributed by atoms with Crippen molar-refractivity contribution in [2.45, 2.75) is 85.0 Å². The quantitative estimate of drug-likeness (QED) is 0.232. The standard InChI is InChI=1S/C35H45N3O6/c1-9-24(4)38(33(41)30(37-34(42)44-35(5,6)7)21-25-10-14-28(39)15-11-25)31(26-19-22(2)18-23(3)20-26)32(40)36-27-12-16-29(43-8)17-13-27/h10-20,24,30-31,39H,9,21H2,1-8H3,(H,36,40)(H,37,42). The van der Waals surface area contributed by atoms with Gasteiger partial charge in [-0.05, 0) is 95.5 Å². The Morgan fingerprint density at radius 2 is 1.52 bits per heavy atom. The molecule has 3 amide bonds. The molecule has 0 radical (unpaired) electrons. The van der Waals surface area contributed by atoms with E-state index in [-0.39, 0.29) is 18.2 Å². The highest BCUT2D eigenvalue weighted by Crippen LogP contribution is 2.30. The second-order valence-corrected chi connectivity index (χ2v) is 12.1. The van der Waals surface area contributed by atoms with E-state index in [9.17, 15) is 19.5 Å². The Morgan fingerprint density at radius 3 is 2.05 bits per heavy atom. The summed E-state index contributed by atoms with van der Waals surface area (Å²) >= 11 is 0. The van der Waals surface area contributed by atoms with Crippen LogP contribution >= 0.6 is 0 Å². The Bertz CT molecular complexity index is 1410. The third-order valence-electron chi connectivity index (χ3n) is 7.13. The summed E-state index contributed by atoms with van der Waals surface area (Å²) in [6.45, 7) is 13.0. The number of rotatable bonds is 11. The van der Waals surface area contributed by atoms with Gasteiger partial charge in [-0.2, -0.15) is 0 Å². The molecular formula is C35H45N3O6.